The number of hydrogen-bond acceptors (Lipinski definition) is 6. The van der Waals surface area contributed by atoms with Crippen LogP contribution in [0.2, 0.25) is 0 Å². The molecular weight excluding hydrogens is 465 g/mol. The van der Waals surface area contributed by atoms with Crippen molar-refractivity contribution in [1.29, 1.82) is 0 Å². The van der Waals surface area contributed by atoms with Crippen LogP contribution >= 0.6 is 11.8 Å². The van der Waals surface area contributed by atoms with E-state index in [4.69, 9.17) is 15.2 Å². The van der Waals surface area contributed by atoms with Gasteiger partial charge in [-0.3, -0.25) is 9.59 Å². The van der Waals surface area contributed by atoms with E-state index in [0.29, 0.717) is 38.2 Å². The van der Waals surface area contributed by atoms with Gasteiger partial charge in [0.05, 0.1) is 20.3 Å². The van der Waals surface area contributed by atoms with Crippen molar-refractivity contribution in [3.63, 3.8) is 0 Å². The molecule has 0 saturated carbocycles. The van der Waals surface area contributed by atoms with Gasteiger partial charge in [0.2, 0.25) is 0 Å². The van der Waals surface area contributed by atoms with Crippen molar-refractivity contribution in [2.24, 2.45) is 22.5 Å². The molecule has 0 aliphatic heterocycles. The molecule has 1 unspecified atom stereocenters. The fourth-order valence-electron chi connectivity index (χ4n) is 3.36. The molecule has 5 nitrogen and oxygen atoms in total. The molecule has 2 N–H and O–H groups in total. The number of thioether (sulfide) groups is 1. The Bertz CT molecular complexity index is 958. The summed E-state index contributed by atoms with van der Waals surface area (Å²) in [7, 11) is 1.28. The van der Waals surface area contributed by atoms with E-state index in [1.165, 1.54) is 19.2 Å². The molecule has 0 aliphatic carbocycles. The van der Waals surface area contributed by atoms with Crippen molar-refractivity contribution in [2.45, 2.75) is 45.4 Å². The number of carbonyl (C=O) groups excluding carboxylic acids is 2. The van der Waals surface area contributed by atoms with Gasteiger partial charge in [-0.2, -0.15) is 0 Å². The van der Waals surface area contributed by atoms with Crippen molar-refractivity contribution < 1.29 is 23.5 Å². The SMILES string of the molecule is COC(=O)C(CCc1ccc(F)cc1)C(=O)c1ccc(SCC(C)(C)COCC(C)(C)CN)cc1. The first-order chi connectivity index (χ1) is 16.5. The molecule has 0 heterocycles. The summed E-state index contributed by atoms with van der Waals surface area (Å²) in [5.41, 5.74) is 7.03. The summed E-state index contributed by atoms with van der Waals surface area (Å²) in [4.78, 5) is 26.4. The molecule has 7 heteroatoms. The third-order valence-corrected chi connectivity index (χ3v) is 7.28. The minimum absolute atomic E-state index is 0.0276. The molecular formula is C28H38FNO4S. The number of benzene rings is 2. The summed E-state index contributed by atoms with van der Waals surface area (Å²) in [5, 5.41) is 0. The van der Waals surface area contributed by atoms with Gasteiger partial charge >= 0.3 is 5.97 Å². The largest absolute Gasteiger partial charge is 0.468 e. The van der Waals surface area contributed by atoms with Crippen LogP contribution in [0.5, 0.6) is 0 Å². The van der Waals surface area contributed by atoms with Crippen LogP contribution in [0.25, 0.3) is 0 Å². The number of esters is 1. The van der Waals surface area contributed by atoms with E-state index in [0.717, 1.165) is 16.2 Å². The van der Waals surface area contributed by atoms with Gasteiger partial charge in [0, 0.05) is 21.6 Å². The van der Waals surface area contributed by atoms with Crippen molar-refractivity contribution in [2.75, 3.05) is 32.6 Å². The van der Waals surface area contributed by atoms with Gasteiger partial charge in [-0.15, -0.1) is 11.8 Å². The highest BCUT2D eigenvalue weighted by molar-refractivity contribution is 7.99. The predicted molar refractivity (Wildman–Crippen MR) is 139 cm³/mol. The van der Waals surface area contributed by atoms with Gasteiger partial charge in [-0.25, -0.2) is 4.39 Å². The fourth-order valence-corrected chi connectivity index (χ4v) is 4.33. The Balaban J connectivity index is 1.95. The highest BCUT2D eigenvalue weighted by atomic mass is 32.2. The Morgan fingerprint density at radius 3 is 2.14 bits per heavy atom. The van der Waals surface area contributed by atoms with E-state index < -0.39 is 11.9 Å². The number of Topliss-reactive ketones (excluding diaryl/α,β-unsaturated/α-hetero) is 1. The lowest BCUT2D eigenvalue weighted by Crippen LogP contribution is -2.31. The van der Waals surface area contributed by atoms with Gasteiger partial charge in [-0.05, 0) is 54.6 Å². The lowest BCUT2D eigenvalue weighted by molar-refractivity contribution is -0.143. The monoisotopic (exact) mass is 503 g/mol. The number of carbonyl (C=O) groups is 2. The number of rotatable bonds is 14. The summed E-state index contributed by atoms with van der Waals surface area (Å²) in [6, 6.07) is 13.4. The molecule has 0 amide bonds. The maximum Gasteiger partial charge on any atom is 0.316 e. The molecule has 2 aromatic rings. The van der Waals surface area contributed by atoms with Gasteiger partial charge in [0.15, 0.2) is 5.78 Å². The Kier molecular flexibility index (Phi) is 10.9. The Morgan fingerprint density at radius 1 is 0.971 bits per heavy atom. The van der Waals surface area contributed by atoms with E-state index in [9.17, 15) is 14.0 Å². The maximum atomic E-state index is 13.1. The van der Waals surface area contributed by atoms with E-state index in [1.54, 1.807) is 36.0 Å². The number of ketones is 1. The normalized spacial score (nSPS) is 12.9. The standard InChI is InChI=1S/C28H38FNO4S/c1-27(2,16-30)17-34-18-28(3,4)19-35-23-13-9-21(10-14-23)25(31)24(26(32)33-5)15-8-20-6-11-22(29)12-7-20/h6-7,9-14,24H,8,15-19,30H2,1-5H3. The molecule has 35 heavy (non-hydrogen) atoms. The zero-order valence-electron chi connectivity index (χ0n) is 21.4. The highest BCUT2D eigenvalue weighted by Crippen LogP contribution is 2.29. The molecule has 192 valence electrons. The van der Waals surface area contributed by atoms with Gasteiger partial charge in [0.1, 0.15) is 11.7 Å². The number of halogens is 1. The topological polar surface area (TPSA) is 78.6 Å². The van der Waals surface area contributed by atoms with Crippen LogP contribution in [0.3, 0.4) is 0 Å². The molecule has 2 rings (SSSR count). The fraction of sp³-hybridized carbons (Fsp3) is 0.500. The first-order valence-corrected chi connectivity index (χ1v) is 12.8. The quantitative estimate of drug-likeness (QED) is 0.158. The minimum atomic E-state index is -0.905. The molecule has 0 radical (unpaired) electrons. The summed E-state index contributed by atoms with van der Waals surface area (Å²) in [5.74, 6) is -1.20. The van der Waals surface area contributed by atoms with Crippen molar-refractivity contribution in [3.8, 4) is 0 Å². The van der Waals surface area contributed by atoms with Gasteiger partial charge in [0.25, 0.3) is 0 Å². The molecule has 0 fully saturated rings. The van der Waals surface area contributed by atoms with Crippen LogP contribution in [-0.2, 0) is 20.7 Å². The zero-order valence-corrected chi connectivity index (χ0v) is 22.3. The van der Waals surface area contributed by atoms with E-state index >= 15 is 0 Å². The second kappa shape index (κ2) is 13.2. The Labute approximate surface area is 213 Å². The van der Waals surface area contributed by atoms with Crippen LogP contribution < -0.4 is 5.73 Å². The van der Waals surface area contributed by atoms with Crippen LogP contribution in [0, 0.1) is 22.6 Å². The highest BCUT2D eigenvalue weighted by Gasteiger charge is 2.28. The predicted octanol–water partition coefficient (Wildman–Crippen LogP) is 5.55. The summed E-state index contributed by atoms with van der Waals surface area (Å²) >= 11 is 1.70. The molecule has 2 aromatic carbocycles. The van der Waals surface area contributed by atoms with Gasteiger partial charge < -0.3 is 15.2 Å². The number of ether oxygens (including phenoxy) is 2. The number of nitrogens with two attached hydrogens (primary N) is 1. The van der Waals surface area contributed by atoms with Crippen LogP contribution in [-0.4, -0.2) is 44.4 Å². The minimum Gasteiger partial charge on any atom is -0.468 e. The van der Waals surface area contributed by atoms with Crippen LogP contribution in [0.15, 0.2) is 53.4 Å². The molecule has 0 aliphatic rings. The first kappa shape index (κ1) is 29.0. The summed E-state index contributed by atoms with van der Waals surface area (Å²) in [6.07, 6.45) is 0.766. The third kappa shape index (κ3) is 9.74. The van der Waals surface area contributed by atoms with E-state index in [1.807, 2.05) is 12.1 Å². The summed E-state index contributed by atoms with van der Waals surface area (Å²) in [6.45, 7) is 10.3. The van der Waals surface area contributed by atoms with E-state index in [2.05, 4.69) is 27.7 Å². The van der Waals surface area contributed by atoms with Crippen LogP contribution in [0.1, 0.15) is 50.0 Å². The summed E-state index contributed by atoms with van der Waals surface area (Å²) < 4.78 is 23.9. The van der Waals surface area contributed by atoms with Gasteiger partial charge in [-0.1, -0.05) is 52.0 Å². The Morgan fingerprint density at radius 2 is 1.57 bits per heavy atom. The molecule has 0 bridgehead atoms. The van der Waals surface area contributed by atoms with Crippen molar-refractivity contribution in [1.82, 2.24) is 0 Å². The lowest BCUT2D eigenvalue weighted by atomic mass is 9.91. The van der Waals surface area contributed by atoms with E-state index in [-0.39, 0.29) is 22.4 Å². The maximum absolute atomic E-state index is 13.1. The second-order valence-electron chi connectivity index (χ2n) is 10.4. The number of aryl methyl sites for hydroxylation is 1. The first-order valence-electron chi connectivity index (χ1n) is 11.8. The number of methoxy groups -OCH3 is 1. The molecule has 0 aromatic heterocycles. The Hall–Kier alpha value is -2.22. The second-order valence-corrected chi connectivity index (χ2v) is 11.5. The average Bonchev–Trinajstić information content (AvgIpc) is 2.83. The van der Waals surface area contributed by atoms with Crippen molar-refractivity contribution in [3.05, 3.63) is 65.5 Å². The molecule has 1 atom stereocenters. The molecule has 0 spiro atoms. The third-order valence-electron chi connectivity index (χ3n) is 5.74. The smallest absolute Gasteiger partial charge is 0.316 e. The average molecular weight is 504 g/mol. The zero-order chi connectivity index (χ0) is 26.1. The molecule has 0 saturated heterocycles. The van der Waals surface area contributed by atoms with Crippen molar-refractivity contribution >= 4 is 23.5 Å². The number of hydrogen-bond donors (Lipinski definition) is 1. The lowest BCUT2D eigenvalue weighted by Gasteiger charge is -2.28. The van der Waals surface area contributed by atoms with Crippen LogP contribution in [0.4, 0.5) is 4.39 Å².